The number of halogens is 4. The average Bonchev–Trinajstić information content (AvgIpc) is 3.18. The summed E-state index contributed by atoms with van der Waals surface area (Å²) < 4.78 is 43.4. The Bertz CT molecular complexity index is 903. The molecule has 2 aromatic rings. The lowest BCUT2D eigenvalue weighted by atomic mass is 10.0. The van der Waals surface area contributed by atoms with Gasteiger partial charge in [-0.2, -0.15) is 13.2 Å². The molecule has 2 atom stereocenters. The van der Waals surface area contributed by atoms with Crippen molar-refractivity contribution in [2.45, 2.75) is 18.7 Å². The minimum absolute atomic E-state index is 0.0469. The molecule has 2 aromatic carbocycles. The van der Waals surface area contributed by atoms with Crippen molar-refractivity contribution in [1.29, 1.82) is 0 Å². The highest BCUT2D eigenvalue weighted by molar-refractivity contribution is 6.33. The molecular formula is C21H20ClF3N2O3. The minimum Gasteiger partial charge on any atom is -0.376 e. The van der Waals surface area contributed by atoms with E-state index in [4.69, 9.17) is 16.3 Å². The maximum Gasteiger partial charge on any atom is 0.416 e. The molecule has 2 amide bonds. The monoisotopic (exact) mass is 440 g/mol. The van der Waals surface area contributed by atoms with Crippen LogP contribution in [-0.2, 0) is 10.9 Å². The molecule has 2 N–H and O–H groups in total. The van der Waals surface area contributed by atoms with Crippen LogP contribution < -0.4 is 10.6 Å². The van der Waals surface area contributed by atoms with E-state index in [1.54, 1.807) is 24.3 Å². The van der Waals surface area contributed by atoms with Gasteiger partial charge in [-0.3, -0.25) is 9.59 Å². The normalized spacial score (nSPS) is 18.8. The molecule has 1 fully saturated rings. The van der Waals surface area contributed by atoms with E-state index >= 15 is 0 Å². The number of ether oxygens (including phenoxy) is 1. The van der Waals surface area contributed by atoms with Crippen molar-refractivity contribution in [1.82, 2.24) is 10.6 Å². The highest BCUT2D eigenvalue weighted by Crippen LogP contribution is 2.29. The van der Waals surface area contributed by atoms with Gasteiger partial charge in [-0.1, -0.05) is 23.7 Å². The van der Waals surface area contributed by atoms with Crippen LogP contribution in [0.15, 0.2) is 48.5 Å². The predicted molar refractivity (Wildman–Crippen MR) is 105 cm³/mol. The molecule has 0 saturated carbocycles. The van der Waals surface area contributed by atoms with E-state index in [0.29, 0.717) is 36.7 Å². The molecule has 0 radical (unpaired) electrons. The summed E-state index contributed by atoms with van der Waals surface area (Å²) in [5.41, 5.74) is -0.257. The Kier molecular flexibility index (Phi) is 6.99. The Balaban J connectivity index is 1.42. The lowest BCUT2D eigenvalue weighted by Gasteiger charge is -2.12. The van der Waals surface area contributed by atoms with Gasteiger partial charge in [0.15, 0.2) is 0 Å². The first kappa shape index (κ1) is 22.1. The number of nitrogens with one attached hydrogen (secondary N) is 2. The molecule has 30 heavy (non-hydrogen) atoms. The molecule has 1 aliphatic heterocycles. The number of benzene rings is 2. The van der Waals surface area contributed by atoms with Gasteiger partial charge in [0.05, 0.1) is 28.9 Å². The molecule has 0 bridgehead atoms. The largest absolute Gasteiger partial charge is 0.416 e. The minimum atomic E-state index is -4.44. The Hall–Kier alpha value is -2.58. The fourth-order valence-electron chi connectivity index (χ4n) is 3.16. The zero-order valence-corrected chi connectivity index (χ0v) is 16.6. The maximum absolute atomic E-state index is 12.6. The summed E-state index contributed by atoms with van der Waals surface area (Å²) in [6.07, 6.45) is -3.99. The van der Waals surface area contributed by atoms with Crippen LogP contribution in [0, 0.1) is 5.92 Å². The third-order valence-electron chi connectivity index (χ3n) is 4.80. The molecule has 0 spiro atoms. The molecule has 1 saturated heterocycles. The first-order valence-electron chi connectivity index (χ1n) is 9.34. The fourth-order valence-corrected chi connectivity index (χ4v) is 3.38. The number of hydrogen-bond donors (Lipinski definition) is 2. The number of hydrogen-bond acceptors (Lipinski definition) is 3. The summed E-state index contributed by atoms with van der Waals surface area (Å²) >= 11 is 6.00. The Morgan fingerprint density at radius 3 is 2.33 bits per heavy atom. The van der Waals surface area contributed by atoms with Crippen LogP contribution in [0.25, 0.3) is 0 Å². The van der Waals surface area contributed by atoms with Crippen molar-refractivity contribution < 1.29 is 27.5 Å². The van der Waals surface area contributed by atoms with Gasteiger partial charge >= 0.3 is 6.18 Å². The predicted octanol–water partition coefficient (Wildman–Crippen LogP) is 3.92. The van der Waals surface area contributed by atoms with E-state index < -0.39 is 17.6 Å². The summed E-state index contributed by atoms with van der Waals surface area (Å²) in [6, 6.07) is 10.8. The van der Waals surface area contributed by atoms with Gasteiger partial charge in [-0.25, -0.2) is 0 Å². The summed E-state index contributed by atoms with van der Waals surface area (Å²) in [5.74, 6) is -0.687. The van der Waals surface area contributed by atoms with Crippen molar-refractivity contribution in [3.63, 3.8) is 0 Å². The number of carbonyl (C=O) groups excluding carboxylic acids is 2. The van der Waals surface area contributed by atoms with Gasteiger partial charge in [0.1, 0.15) is 0 Å². The molecule has 2 unspecified atom stereocenters. The van der Waals surface area contributed by atoms with Crippen molar-refractivity contribution in [2.75, 3.05) is 19.7 Å². The zero-order chi connectivity index (χ0) is 21.7. The van der Waals surface area contributed by atoms with Gasteiger partial charge in [0.2, 0.25) is 0 Å². The zero-order valence-electron chi connectivity index (χ0n) is 15.8. The highest BCUT2D eigenvalue weighted by Gasteiger charge is 2.30. The SMILES string of the molecule is O=C(NCC1COC(CNC(=O)c2ccccc2Cl)C1)c1ccc(C(F)(F)F)cc1. The van der Waals surface area contributed by atoms with E-state index in [-0.39, 0.29) is 23.5 Å². The number of amides is 2. The first-order valence-corrected chi connectivity index (χ1v) is 9.71. The average molecular weight is 441 g/mol. The van der Waals surface area contributed by atoms with Crippen LogP contribution in [-0.4, -0.2) is 37.6 Å². The van der Waals surface area contributed by atoms with Crippen molar-refractivity contribution in [2.24, 2.45) is 5.92 Å². The standard InChI is InChI=1S/C21H20ClF3N2O3/c22-18-4-2-1-3-17(18)20(29)27-11-16-9-13(12-30-16)10-26-19(28)14-5-7-15(8-6-14)21(23,24)25/h1-8,13,16H,9-12H2,(H,26,28)(H,27,29). The van der Waals surface area contributed by atoms with E-state index in [9.17, 15) is 22.8 Å². The van der Waals surface area contributed by atoms with Crippen molar-refractivity contribution >= 4 is 23.4 Å². The van der Waals surface area contributed by atoms with Crippen LogP contribution in [0.5, 0.6) is 0 Å². The topological polar surface area (TPSA) is 67.4 Å². The molecule has 9 heteroatoms. The third kappa shape index (κ3) is 5.73. The second kappa shape index (κ2) is 9.49. The summed E-state index contributed by atoms with van der Waals surface area (Å²) in [4.78, 5) is 24.3. The van der Waals surface area contributed by atoms with E-state index in [1.807, 2.05) is 0 Å². The lowest BCUT2D eigenvalue weighted by molar-refractivity contribution is -0.137. The third-order valence-corrected chi connectivity index (χ3v) is 5.13. The molecular weight excluding hydrogens is 421 g/mol. The van der Waals surface area contributed by atoms with Crippen LogP contribution in [0.1, 0.15) is 32.7 Å². The molecule has 5 nitrogen and oxygen atoms in total. The number of rotatable bonds is 6. The Morgan fingerprint density at radius 2 is 1.67 bits per heavy atom. The van der Waals surface area contributed by atoms with Crippen LogP contribution in [0.3, 0.4) is 0 Å². The van der Waals surface area contributed by atoms with Crippen LogP contribution >= 0.6 is 11.6 Å². The van der Waals surface area contributed by atoms with Gasteiger partial charge in [0, 0.05) is 24.6 Å². The molecule has 3 rings (SSSR count). The number of carbonyl (C=O) groups is 2. The van der Waals surface area contributed by atoms with E-state index in [1.165, 1.54) is 0 Å². The molecule has 1 aliphatic rings. The van der Waals surface area contributed by atoms with Gasteiger partial charge in [-0.05, 0) is 42.8 Å². The fraction of sp³-hybridized carbons (Fsp3) is 0.333. The van der Waals surface area contributed by atoms with E-state index in [2.05, 4.69) is 10.6 Å². The quantitative estimate of drug-likeness (QED) is 0.715. The smallest absolute Gasteiger partial charge is 0.376 e. The van der Waals surface area contributed by atoms with Gasteiger partial charge < -0.3 is 15.4 Å². The van der Waals surface area contributed by atoms with Gasteiger partial charge in [-0.15, -0.1) is 0 Å². The molecule has 1 heterocycles. The molecule has 160 valence electrons. The van der Waals surface area contributed by atoms with Crippen LogP contribution in [0.4, 0.5) is 13.2 Å². The Labute approximate surface area is 176 Å². The molecule has 0 aromatic heterocycles. The van der Waals surface area contributed by atoms with Crippen molar-refractivity contribution in [3.8, 4) is 0 Å². The molecule has 0 aliphatic carbocycles. The summed E-state index contributed by atoms with van der Waals surface area (Å²) in [5, 5.41) is 5.86. The van der Waals surface area contributed by atoms with Crippen LogP contribution in [0.2, 0.25) is 5.02 Å². The highest BCUT2D eigenvalue weighted by atomic mass is 35.5. The van der Waals surface area contributed by atoms with E-state index in [0.717, 1.165) is 24.3 Å². The van der Waals surface area contributed by atoms with Gasteiger partial charge in [0.25, 0.3) is 11.8 Å². The summed E-state index contributed by atoms with van der Waals surface area (Å²) in [6.45, 7) is 1.06. The maximum atomic E-state index is 12.6. The van der Waals surface area contributed by atoms with Crippen molar-refractivity contribution in [3.05, 3.63) is 70.2 Å². The number of alkyl halides is 3. The Morgan fingerprint density at radius 1 is 1.00 bits per heavy atom. The lowest BCUT2D eigenvalue weighted by Crippen LogP contribution is -2.32. The summed E-state index contributed by atoms with van der Waals surface area (Å²) in [7, 11) is 0. The second-order valence-corrected chi connectivity index (χ2v) is 7.44. The first-order chi connectivity index (χ1) is 14.2. The second-order valence-electron chi connectivity index (χ2n) is 7.03.